The smallest absolute Gasteiger partial charge is 0.237 e. The van der Waals surface area contributed by atoms with Crippen LogP contribution in [-0.4, -0.2) is 35.4 Å². The lowest BCUT2D eigenvalue weighted by Gasteiger charge is -2.38. The lowest BCUT2D eigenvalue weighted by Crippen LogP contribution is -2.48. The van der Waals surface area contributed by atoms with Gasteiger partial charge in [-0.25, -0.2) is 0 Å². The zero-order chi connectivity index (χ0) is 17.6. The first-order valence-electron chi connectivity index (χ1n) is 9.79. The van der Waals surface area contributed by atoms with E-state index in [-0.39, 0.29) is 5.41 Å². The molecule has 1 aromatic carbocycles. The van der Waals surface area contributed by atoms with E-state index in [1.807, 2.05) is 18.5 Å². The van der Waals surface area contributed by atoms with Gasteiger partial charge in [-0.1, -0.05) is 24.3 Å². The van der Waals surface area contributed by atoms with E-state index in [1.165, 1.54) is 29.7 Å². The molecule has 3 heterocycles. The predicted octanol–water partition coefficient (Wildman–Crippen LogP) is 3.37. The molecule has 1 saturated carbocycles. The van der Waals surface area contributed by atoms with Gasteiger partial charge in [0.25, 0.3) is 0 Å². The van der Waals surface area contributed by atoms with Gasteiger partial charge in [0.2, 0.25) is 5.91 Å². The molecule has 2 aliphatic heterocycles. The first-order valence-corrected chi connectivity index (χ1v) is 9.79. The van der Waals surface area contributed by atoms with E-state index < -0.39 is 0 Å². The Labute approximate surface area is 154 Å². The van der Waals surface area contributed by atoms with Crippen molar-refractivity contribution in [2.24, 2.45) is 5.92 Å². The average Bonchev–Trinajstić information content (AvgIpc) is 3.48. The molecule has 0 bridgehead atoms. The average molecular weight is 347 g/mol. The quantitative estimate of drug-likeness (QED) is 0.851. The van der Waals surface area contributed by atoms with Gasteiger partial charge in [0.05, 0.1) is 5.41 Å². The third-order valence-corrected chi connectivity index (χ3v) is 6.34. The number of hydrogen-bond donors (Lipinski definition) is 0. The maximum absolute atomic E-state index is 13.5. The highest BCUT2D eigenvalue weighted by Gasteiger charge is 2.52. The molecule has 0 radical (unpaired) electrons. The van der Waals surface area contributed by atoms with Gasteiger partial charge in [0.1, 0.15) is 0 Å². The summed E-state index contributed by atoms with van der Waals surface area (Å²) in [6, 6.07) is 12.6. The standard InChI is InChI=1S/C22H25N3O/c26-21-22(9-12-24(13-10-22)15-18-4-3-11-23-14-18)19-5-1-2-6-20(19)25(21)16-17-7-8-17/h1-6,11,14,17H,7-10,12-13,15-16H2. The second-order valence-electron chi connectivity index (χ2n) is 8.10. The van der Waals surface area contributed by atoms with Gasteiger partial charge in [-0.15, -0.1) is 0 Å². The molecular weight excluding hydrogens is 322 g/mol. The summed E-state index contributed by atoms with van der Waals surface area (Å²) in [7, 11) is 0. The van der Waals surface area contributed by atoms with E-state index in [1.54, 1.807) is 0 Å². The van der Waals surface area contributed by atoms with Gasteiger partial charge < -0.3 is 4.90 Å². The first kappa shape index (κ1) is 16.0. The fourth-order valence-electron chi connectivity index (χ4n) is 4.66. The third-order valence-electron chi connectivity index (χ3n) is 6.34. The minimum absolute atomic E-state index is 0.295. The van der Waals surface area contributed by atoms with Crippen LogP contribution in [0.3, 0.4) is 0 Å². The summed E-state index contributed by atoms with van der Waals surface area (Å²) in [5.41, 5.74) is 3.39. The number of aromatic nitrogens is 1. The number of nitrogens with zero attached hydrogens (tertiary/aromatic N) is 3. The number of hydrogen-bond acceptors (Lipinski definition) is 3. The van der Waals surface area contributed by atoms with Crippen molar-refractivity contribution in [2.45, 2.75) is 37.6 Å². The molecule has 26 heavy (non-hydrogen) atoms. The number of fused-ring (bicyclic) bond motifs is 2. The van der Waals surface area contributed by atoms with Crippen LogP contribution in [-0.2, 0) is 16.8 Å². The number of piperidine rings is 1. The molecule has 3 aliphatic rings. The van der Waals surface area contributed by atoms with E-state index in [2.05, 4.69) is 45.1 Å². The zero-order valence-corrected chi connectivity index (χ0v) is 15.1. The lowest BCUT2D eigenvalue weighted by molar-refractivity contribution is -0.125. The highest BCUT2D eigenvalue weighted by Crippen LogP contribution is 2.49. The molecule has 1 saturated heterocycles. The molecule has 4 heteroatoms. The van der Waals surface area contributed by atoms with Crippen LogP contribution in [0.2, 0.25) is 0 Å². The van der Waals surface area contributed by atoms with Crippen molar-refractivity contribution in [3.8, 4) is 0 Å². The number of benzene rings is 1. The maximum Gasteiger partial charge on any atom is 0.237 e. The summed E-state index contributed by atoms with van der Waals surface area (Å²) < 4.78 is 0. The summed E-state index contributed by atoms with van der Waals surface area (Å²) in [6.07, 6.45) is 8.15. The van der Waals surface area contributed by atoms with E-state index in [9.17, 15) is 4.79 Å². The Morgan fingerprint density at radius 1 is 1.08 bits per heavy atom. The Morgan fingerprint density at radius 2 is 1.88 bits per heavy atom. The van der Waals surface area contributed by atoms with Crippen LogP contribution in [0.1, 0.15) is 36.8 Å². The van der Waals surface area contributed by atoms with Crippen molar-refractivity contribution in [2.75, 3.05) is 24.5 Å². The molecule has 2 aromatic rings. The molecule has 0 atom stereocenters. The summed E-state index contributed by atoms with van der Waals surface area (Å²) in [5.74, 6) is 1.07. The van der Waals surface area contributed by atoms with Gasteiger partial charge in [0.15, 0.2) is 0 Å². The van der Waals surface area contributed by atoms with Gasteiger partial charge in [0, 0.05) is 31.2 Å². The van der Waals surface area contributed by atoms with Crippen LogP contribution >= 0.6 is 0 Å². The van der Waals surface area contributed by atoms with Gasteiger partial charge in [-0.2, -0.15) is 0 Å². The highest BCUT2D eigenvalue weighted by atomic mass is 16.2. The largest absolute Gasteiger partial charge is 0.311 e. The van der Waals surface area contributed by atoms with E-state index >= 15 is 0 Å². The van der Waals surface area contributed by atoms with E-state index in [4.69, 9.17) is 0 Å². The summed E-state index contributed by atoms with van der Waals surface area (Å²) in [5, 5.41) is 0. The van der Waals surface area contributed by atoms with Crippen LogP contribution in [0.5, 0.6) is 0 Å². The Morgan fingerprint density at radius 3 is 2.62 bits per heavy atom. The lowest BCUT2D eigenvalue weighted by atomic mass is 9.73. The summed E-state index contributed by atoms with van der Waals surface area (Å²) in [4.78, 5) is 22.2. The Hall–Kier alpha value is -2.20. The number of anilines is 1. The number of rotatable bonds is 4. The van der Waals surface area contributed by atoms with Crippen molar-refractivity contribution >= 4 is 11.6 Å². The highest BCUT2D eigenvalue weighted by molar-refractivity contribution is 6.08. The summed E-state index contributed by atoms with van der Waals surface area (Å²) in [6.45, 7) is 3.76. The number of carbonyl (C=O) groups excluding carboxylic acids is 1. The van der Waals surface area contributed by atoms with Gasteiger partial charge in [-0.3, -0.25) is 14.7 Å². The normalized spacial score (nSPS) is 22.0. The fourth-order valence-corrected chi connectivity index (χ4v) is 4.66. The second kappa shape index (κ2) is 6.20. The van der Waals surface area contributed by atoms with Crippen LogP contribution < -0.4 is 4.90 Å². The molecule has 1 spiro atoms. The molecule has 4 nitrogen and oxygen atoms in total. The molecular formula is C22H25N3O. The van der Waals surface area contributed by atoms with Crippen molar-refractivity contribution in [1.29, 1.82) is 0 Å². The fraction of sp³-hybridized carbons (Fsp3) is 0.455. The zero-order valence-electron chi connectivity index (χ0n) is 15.1. The van der Waals surface area contributed by atoms with Crippen molar-refractivity contribution in [1.82, 2.24) is 9.88 Å². The van der Waals surface area contributed by atoms with Crippen molar-refractivity contribution in [3.05, 3.63) is 59.9 Å². The molecule has 134 valence electrons. The minimum Gasteiger partial charge on any atom is -0.311 e. The van der Waals surface area contributed by atoms with E-state index in [0.717, 1.165) is 39.0 Å². The maximum atomic E-state index is 13.5. The van der Waals surface area contributed by atoms with Crippen molar-refractivity contribution in [3.63, 3.8) is 0 Å². The van der Waals surface area contributed by atoms with Gasteiger partial charge in [-0.05, 0) is 68.0 Å². The second-order valence-corrected chi connectivity index (χ2v) is 8.10. The molecule has 1 amide bonds. The minimum atomic E-state index is -0.295. The number of amides is 1. The van der Waals surface area contributed by atoms with Gasteiger partial charge >= 0.3 is 0 Å². The van der Waals surface area contributed by atoms with Crippen LogP contribution in [0, 0.1) is 5.92 Å². The number of pyridine rings is 1. The Balaban J connectivity index is 1.37. The molecule has 0 unspecified atom stereocenters. The predicted molar refractivity (Wildman–Crippen MR) is 102 cm³/mol. The Kier molecular flexibility index (Phi) is 3.82. The van der Waals surface area contributed by atoms with Crippen LogP contribution in [0.4, 0.5) is 5.69 Å². The Bertz CT molecular complexity index is 807. The SMILES string of the molecule is O=C1N(CC2CC2)c2ccccc2C12CCN(Cc1cccnc1)CC2. The molecule has 0 N–H and O–H groups in total. The molecule has 1 aliphatic carbocycles. The van der Waals surface area contributed by atoms with Crippen LogP contribution in [0.15, 0.2) is 48.8 Å². The topological polar surface area (TPSA) is 36.4 Å². The summed E-state index contributed by atoms with van der Waals surface area (Å²) >= 11 is 0. The van der Waals surface area contributed by atoms with Crippen molar-refractivity contribution < 1.29 is 4.79 Å². The monoisotopic (exact) mass is 347 g/mol. The molecule has 1 aromatic heterocycles. The third kappa shape index (κ3) is 2.64. The number of carbonyl (C=O) groups is 1. The molecule has 5 rings (SSSR count). The van der Waals surface area contributed by atoms with Crippen LogP contribution in [0.25, 0.3) is 0 Å². The number of para-hydroxylation sites is 1. The molecule has 2 fully saturated rings. The number of likely N-dealkylation sites (tertiary alicyclic amines) is 1. The van der Waals surface area contributed by atoms with E-state index in [0.29, 0.717) is 11.8 Å². The first-order chi connectivity index (χ1) is 12.8.